The number of hydrogen-bond donors (Lipinski definition) is 1. The van der Waals surface area contributed by atoms with Crippen molar-refractivity contribution in [3.05, 3.63) is 107 Å². The Hall–Kier alpha value is -3.65. The molecule has 0 bridgehead atoms. The fourth-order valence-corrected chi connectivity index (χ4v) is 3.50. The van der Waals surface area contributed by atoms with Gasteiger partial charge in [0.05, 0.1) is 22.0 Å². The summed E-state index contributed by atoms with van der Waals surface area (Å²) in [5.41, 5.74) is 0.306. The average Bonchev–Trinajstić information content (AvgIpc) is 3.23. The molecule has 0 aliphatic carbocycles. The van der Waals surface area contributed by atoms with Gasteiger partial charge in [0, 0.05) is 12.1 Å². The number of hydrogen-bond acceptors (Lipinski definition) is 2. The molecule has 4 aromatic rings. The zero-order chi connectivity index (χ0) is 23.6. The van der Waals surface area contributed by atoms with E-state index >= 15 is 0 Å². The molecule has 4 nitrogen and oxygen atoms in total. The van der Waals surface area contributed by atoms with Crippen LogP contribution >= 0.6 is 11.6 Å². The van der Waals surface area contributed by atoms with Gasteiger partial charge in [-0.05, 0) is 48.0 Å². The number of carbonyl (C=O) groups excluding carboxylic acids is 1. The molecule has 4 rings (SSSR count). The van der Waals surface area contributed by atoms with Gasteiger partial charge in [-0.15, -0.1) is 0 Å². The van der Waals surface area contributed by atoms with E-state index in [0.717, 1.165) is 12.1 Å². The summed E-state index contributed by atoms with van der Waals surface area (Å²) in [6, 6.07) is 18.7. The van der Waals surface area contributed by atoms with E-state index in [2.05, 4.69) is 10.4 Å². The van der Waals surface area contributed by atoms with Gasteiger partial charge in [-0.1, -0.05) is 48.0 Å². The lowest BCUT2D eigenvalue weighted by molar-refractivity contribution is -0.137. The molecule has 1 amide bonds. The molecule has 0 aliphatic rings. The van der Waals surface area contributed by atoms with E-state index in [1.54, 1.807) is 30.3 Å². The summed E-state index contributed by atoms with van der Waals surface area (Å²) in [6.07, 6.45) is -4.49. The molecule has 1 N–H and O–H groups in total. The van der Waals surface area contributed by atoms with Crippen LogP contribution in [0.1, 0.15) is 21.6 Å². The predicted molar refractivity (Wildman–Crippen MR) is 117 cm³/mol. The van der Waals surface area contributed by atoms with Crippen LogP contribution in [0.15, 0.2) is 78.9 Å². The summed E-state index contributed by atoms with van der Waals surface area (Å²) in [5, 5.41) is 7.29. The Morgan fingerprint density at radius 3 is 2.42 bits per heavy atom. The van der Waals surface area contributed by atoms with Crippen molar-refractivity contribution in [2.45, 2.75) is 12.7 Å². The van der Waals surface area contributed by atoms with Crippen molar-refractivity contribution >= 4 is 17.5 Å². The first kappa shape index (κ1) is 22.5. The van der Waals surface area contributed by atoms with Crippen LogP contribution < -0.4 is 5.32 Å². The molecule has 0 saturated carbocycles. The van der Waals surface area contributed by atoms with Crippen LogP contribution in [-0.4, -0.2) is 15.7 Å². The van der Waals surface area contributed by atoms with Crippen LogP contribution in [0.3, 0.4) is 0 Å². The minimum Gasteiger partial charge on any atom is -0.347 e. The molecule has 1 aromatic heterocycles. The molecule has 0 unspecified atom stereocenters. The number of halogens is 5. The summed E-state index contributed by atoms with van der Waals surface area (Å²) in [5.74, 6) is -1.13. The molecule has 1 heterocycles. The van der Waals surface area contributed by atoms with Gasteiger partial charge in [-0.25, -0.2) is 9.07 Å². The number of alkyl halides is 3. The number of carbonyl (C=O) groups is 1. The molecule has 9 heteroatoms. The highest BCUT2D eigenvalue weighted by molar-refractivity contribution is 6.32. The SMILES string of the molecule is O=C(NCc1cccc(C(F)(F)F)c1)c1cc(-c2ccccc2F)nn1-c1ccccc1Cl. The topological polar surface area (TPSA) is 46.9 Å². The van der Waals surface area contributed by atoms with Gasteiger partial charge in [0.25, 0.3) is 5.91 Å². The number of rotatable bonds is 5. The highest BCUT2D eigenvalue weighted by Gasteiger charge is 2.30. The highest BCUT2D eigenvalue weighted by atomic mass is 35.5. The van der Waals surface area contributed by atoms with E-state index in [-0.39, 0.29) is 29.1 Å². The first-order valence-corrected chi connectivity index (χ1v) is 10.2. The number of para-hydroxylation sites is 1. The molecule has 0 spiro atoms. The summed E-state index contributed by atoms with van der Waals surface area (Å²) >= 11 is 6.28. The van der Waals surface area contributed by atoms with Gasteiger partial charge in [0.1, 0.15) is 11.5 Å². The van der Waals surface area contributed by atoms with Crippen LogP contribution in [0.4, 0.5) is 17.6 Å². The molecular weight excluding hydrogens is 458 g/mol. The predicted octanol–water partition coefficient (Wildman–Crippen LogP) is 6.28. The first-order valence-electron chi connectivity index (χ1n) is 9.78. The van der Waals surface area contributed by atoms with Crippen molar-refractivity contribution in [3.63, 3.8) is 0 Å². The monoisotopic (exact) mass is 473 g/mol. The van der Waals surface area contributed by atoms with Gasteiger partial charge in [0.15, 0.2) is 0 Å². The maximum Gasteiger partial charge on any atom is 0.416 e. The van der Waals surface area contributed by atoms with E-state index in [1.165, 1.54) is 41.1 Å². The zero-order valence-corrected chi connectivity index (χ0v) is 17.7. The van der Waals surface area contributed by atoms with Gasteiger partial charge < -0.3 is 5.32 Å². The first-order chi connectivity index (χ1) is 15.7. The number of nitrogens with zero attached hydrogens (tertiary/aromatic N) is 2. The van der Waals surface area contributed by atoms with E-state index in [1.807, 2.05) is 0 Å². The lowest BCUT2D eigenvalue weighted by Crippen LogP contribution is -2.25. The fraction of sp³-hybridized carbons (Fsp3) is 0.0833. The molecule has 168 valence electrons. The van der Waals surface area contributed by atoms with E-state index in [0.29, 0.717) is 10.7 Å². The number of benzene rings is 3. The Kier molecular flexibility index (Phi) is 6.20. The maximum absolute atomic E-state index is 14.3. The van der Waals surface area contributed by atoms with Gasteiger partial charge in [-0.2, -0.15) is 18.3 Å². The molecule has 3 aromatic carbocycles. The number of nitrogens with one attached hydrogen (secondary N) is 1. The Morgan fingerprint density at radius 1 is 0.970 bits per heavy atom. The number of aromatic nitrogens is 2. The van der Waals surface area contributed by atoms with Crippen LogP contribution in [0, 0.1) is 5.82 Å². The van der Waals surface area contributed by atoms with E-state index < -0.39 is 23.5 Å². The van der Waals surface area contributed by atoms with Crippen LogP contribution in [0.25, 0.3) is 16.9 Å². The molecule has 0 saturated heterocycles. The Bertz CT molecular complexity index is 1320. The second kappa shape index (κ2) is 9.07. The van der Waals surface area contributed by atoms with Gasteiger partial charge >= 0.3 is 6.18 Å². The summed E-state index contributed by atoms with van der Waals surface area (Å²) < 4.78 is 54.5. The fourth-order valence-electron chi connectivity index (χ4n) is 3.28. The summed E-state index contributed by atoms with van der Waals surface area (Å²) in [4.78, 5) is 13.0. The Labute approximate surface area is 191 Å². The van der Waals surface area contributed by atoms with Crippen LogP contribution in [0.5, 0.6) is 0 Å². The minimum atomic E-state index is -4.49. The highest BCUT2D eigenvalue weighted by Crippen LogP contribution is 2.30. The second-order valence-electron chi connectivity index (χ2n) is 7.14. The maximum atomic E-state index is 14.3. The third kappa shape index (κ3) is 4.90. The summed E-state index contributed by atoms with van der Waals surface area (Å²) in [6.45, 7) is -0.147. The lowest BCUT2D eigenvalue weighted by atomic mass is 10.1. The van der Waals surface area contributed by atoms with Crippen molar-refractivity contribution in [2.75, 3.05) is 0 Å². The number of amides is 1. The van der Waals surface area contributed by atoms with Crippen molar-refractivity contribution in [1.82, 2.24) is 15.1 Å². The van der Waals surface area contributed by atoms with Crippen molar-refractivity contribution in [2.24, 2.45) is 0 Å². The smallest absolute Gasteiger partial charge is 0.347 e. The van der Waals surface area contributed by atoms with Crippen molar-refractivity contribution in [1.29, 1.82) is 0 Å². The second-order valence-corrected chi connectivity index (χ2v) is 7.55. The largest absolute Gasteiger partial charge is 0.416 e. The molecule has 0 aliphatic heterocycles. The summed E-state index contributed by atoms with van der Waals surface area (Å²) in [7, 11) is 0. The van der Waals surface area contributed by atoms with Crippen LogP contribution in [0.2, 0.25) is 5.02 Å². The molecule has 0 radical (unpaired) electrons. The van der Waals surface area contributed by atoms with Gasteiger partial charge in [-0.3, -0.25) is 4.79 Å². The normalized spacial score (nSPS) is 11.4. The van der Waals surface area contributed by atoms with Crippen molar-refractivity contribution in [3.8, 4) is 16.9 Å². The molecule has 33 heavy (non-hydrogen) atoms. The third-order valence-electron chi connectivity index (χ3n) is 4.88. The van der Waals surface area contributed by atoms with E-state index in [4.69, 9.17) is 11.6 Å². The zero-order valence-electron chi connectivity index (χ0n) is 16.9. The molecular formula is C24H16ClF4N3O. The lowest BCUT2D eigenvalue weighted by Gasteiger charge is -2.11. The molecule has 0 fully saturated rings. The van der Waals surface area contributed by atoms with Crippen LogP contribution in [-0.2, 0) is 12.7 Å². The Morgan fingerprint density at radius 2 is 1.70 bits per heavy atom. The standard InChI is InChI=1S/C24H16ClF4N3O/c25-18-9-2-4-11-21(18)32-22(13-20(31-32)17-8-1-3-10-19(17)26)23(33)30-14-15-6-5-7-16(12-15)24(27,28)29/h1-13H,14H2,(H,30,33). The molecule has 0 atom stereocenters. The quantitative estimate of drug-likeness (QED) is 0.347. The minimum absolute atomic E-state index is 0.0494. The van der Waals surface area contributed by atoms with Gasteiger partial charge in [0.2, 0.25) is 0 Å². The Balaban J connectivity index is 1.68. The third-order valence-corrected chi connectivity index (χ3v) is 5.20. The van der Waals surface area contributed by atoms with E-state index in [9.17, 15) is 22.4 Å². The average molecular weight is 474 g/mol. The van der Waals surface area contributed by atoms with Crippen molar-refractivity contribution < 1.29 is 22.4 Å².